The summed E-state index contributed by atoms with van der Waals surface area (Å²) in [4.78, 5) is 2.39. The number of benzene rings is 2. The Kier molecular flexibility index (Phi) is 3.72. The van der Waals surface area contributed by atoms with Crippen molar-refractivity contribution in [1.82, 2.24) is 4.98 Å². The minimum Gasteiger partial charge on any atom is -0.493 e. The Morgan fingerprint density at radius 1 is 1.05 bits per heavy atom. The molecular formula is C14H7Cl2F2N3O. The summed E-state index contributed by atoms with van der Waals surface area (Å²) in [5.74, 6) is -2.05. The van der Waals surface area contributed by atoms with Gasteiger partial charge in [0.05, 0.1) is 10.5 Å². The molecule has 4 nitrogen and oxygen atoms in total. The number of rotatable bonds is 2. The van der Waals surface area contributed by atoms with E-state index in [0.717, 1.165) is 6.07 Å². The molecule has 8 heteroatoms. The SMILES string of the molecule is Oc1[nH]c2c(F)cc(F)cc2c1N=Nc1ccc(Cl)cc1Cl. The summed E-state index contributed by atoms with van der Waals surface area (Å²) < 4.78 is 26.9. The number of aromatic hydroxyl groups is 1. The van der Waals surface area contributed by atoms with Crippen LogP contribution in [0.4, 0.5) is 20.2 Å². The fourth-order valence-electron chi connectivity index (χ4n) is 1.96. The second kappa shape index (κ2) is 5.55. The number of nitrogens with zero attached hydrogens (tertiary/aromatic N) is 2. The highest BCUT2D eigenvalue weighted by Crippen LogP contribution is 2.38. The molecule has 0 amide bonds. The molecule has 0 fully saturated rings. The maximum absolute atomic E-state index is 13.6. The number of aromatic amines is 1. The van der Waals surface area contributed by atoms with Gasteiger partial charge in [-0.05, 0) is 24.3 Å². The van der Waals surface area contributed by atoms with E-state index in [4.69, 9.17) is 23.2 Å². The smallest absolute Gasteiger partial charge is 0.218 e. The molecule has 0 spiro atoms. The molecule has 0 atom stereocenters. The number of aromatic nitrogens is 1. The van der Waals surface area contributed by atoms with Gasteiger partial charge in [0.25, 0.3) is 0 Å². The molecule has 0 unspecified atom stereocenters. The van der Waals surface area contributed by atoms with Crippen LogP contribution in [0, 0.1) is 11.6 Å². The van der Waals surface area contributed by atoms with Gasteiger partial charge in [0, 0.05) is 16.5 Å². The maximum Gasteiger partial charge on any atom is 0.218 e. The Labute approximate surface area is 133 Å². The quantitative estimate of drug-likeness (QED) is 0.562. The monoisotopic (exact) mass is 341 g/mol. The van der Waals surface area contributed by atoms with Crippen LogP contribution in [0.3, 0.4) is 0 Å². The standard InChI is InChI=1S/C14H7Cl2F2N3O/c15-6-1-2-11(9(16)3-6)20-21-13-8-4-7(17)5-10(18)12(8)19-14(13)22/h1-5,19,22H. The maximum atomic E-state index is 13.6. The Hall–Kier alpha value is -2.18. The molecule has 1 heterocycles. The van der Waals surface area contributed by atoms with Crippen molar-refractivity contribution in [2.45, 2.75) is 0 Å². The molecule has 1 aromatic heterocycles. The van der Waals surface area contributed by atoms with Crippen LogP contribution >= 0.6 is 23.2 Å². The average molecular weight is 342 g/mol. The van der Waals surface area contributed by atoms with Crippen molar-refractivity contribution in [1.29, 1.82) is 0 Å². The first-order valence-electron chi connectivity index (χ1n) is 6.02. The van der Waals surface area contributed by atoms with Crippen LogP contribution in [-0.4, -0.2) is 10.1 Å². The van der Waals surface area contributed by atoms with E-state index in [-0.39, 0.29) is 21.6 Å². The molecule has 0 radical (unpaired) electrons. The minimum absolute atomic E-state index is 0.0601. The van der Waals surface area contributed by atoms with Crippen molar-refractivity contribution in [3.8, 4) is 5.88 Å². The fourth-order valence-corrected chi connectivity index (χ4v) is 2.41. The van der Waals surface area contributed by atoms with E-state index in [1.165, 1.54) is 12.1 Å². The molecule has 0 aliphatic rings. The summed E-state index contributed by atoms with van der Waals surface area (Å²) in [6.45, 7) is 0. The lowest BCUT2D eigenvalue weighted by atomic mass is 10.2. The van der Waals surface area contributed by atoms with E-state index in [1.54, 1.807) is 6.07 Å². The molecule has 0 saturated carbocycles. The molecule has 3 aromatic rings. The van der Waals surface area contributed by atoms with Crippen LogP contribution in [-0.2, 0) is 0 Å². The van der Waals surface area contributed by atoms with Gasteiger partial charge < -0.3 is 10.1 Å². The summed E-state index contributed by atoms with van der Waals surface area (Å²) in [7, 11) is 0. The van der Waals surface area contributed by atoms with Gasteiger partial charge in [0.1, 0.15) is 17.3 Å². The second-order valence-corrected chi connectivity index (χ2v) is 5.27. The van der Waals surface area contributed by atoms with Crippen molar-refractivity contribution in [3.63, 3.8) is 0 Å². The number of azo groups is 1. The van der Waals surface area contributed by atoms with Crippen molar-refractivity contribution in [2.75, 3.05) is 0 Å². The lowest BCUT2D eigenvalue weighted by Crippen LogP contribution is -1.80. The first-order chi connectivity index (χ1) is 10.5. The van der Waals surface area contributed by atoms with Gasteiger partial charge in [-0.25, -0.2) is 8.78 Å². The summed E-state index contributed by atoms with van der Waals surface area (Å²) in [5, 5.41) is 18.2. The normalized spacial score (nSPS) is 11.6. The Morgan fingerprint density at radius 2 is 1.82 bits per heavy atom. The Balaban J connectivity index is 2.10. The van der Waals surface area contributed by atoms with Crippen LogP contribution in [0.15, 0.2) is 40.6 Å². The lowest BCUT2D eigenvalue weighted by molar-refractivity contribution is 0.459. The predicted octanol–water partition coefficient (Wildman–Crippen LogP) is 5.87. The molecule has 22 heavy (non-hydrogen) atoms. The predicted molar refractivity (Wildman–Crippen MR) is 80.5 cm³/mol. The summed E-state index contributed by atoms with van der Waals surface area (Å²) in [5.41, 5.74) is 0.158. The molecule has 0 aliphatic heterocycles. The molecule has 3 rings (SSSR count). The van der Waals surface area contributed by atoms with Crippen LogP contribution in [0.1, 0.15) is 0 Å². The van der Waals surface area contributed by atoms with E-state index in [9.17, 15) is 13.9 Å². The van der Waals surface area contributed by atoms with Crippen molar-refractivity contribution >= 4 is 45.5 Å². The third kappa shape index (κ3) is 2.63. The summed E-state index contributed by atoms with van der Waals surface area (Å²) in [6.07, 6.45) is 0. The van der Waals surface area contributed by atoms with Crippen molar-refractivity contribution in [2.24, 2.45) is 10.2 Å². The molecule has 0 saturated heterocycles. The van der Waals surface area contributed by atoms with Gasteiger partial charge in [0.15, 0.2) is 5.69 Å². The van der Waals surface area contributed by atoms with E-state index >= 15 is 0 Å². The fraction of sp³-hybridized carbons (Fsp3) is 0. The summed E-state index contributed by atoms with van der Waals surface area (Å²) >= 11 is 11.7. The molecule has 2 aromatic carbocycles. The zero-order valence-electron chi connectivity index (χ0n) is 10.7. The molecular weight excluding hydrogens is 335 g/mol. The zero-order valence-corrected chi connectivity index (χ0v) is 12.3. The third-order valence-corrected chi connectivity index (χ3v) is 3.48. The van der Waals surface area contributed by atoms with Crippen LogP contribution in [0.5, 0.6) is 5.88 Å². The van der Waals surface area contributed by atoms with Gasteiger partial charge in [0.2, 0.25) is 5.88 Å². The number of hydrogen-bond donors (Lipinski definition) is 2. The lowest BCUT2D eigenvalue weighted by Gasteiger charge is -1.97. The highest BCUT2D eigenvalue weighted by Gasteiger charge is 2.15. The molecule has 0 bridgehead atoms. The van der Waals surface area contributed by atoms with Gasteiger partial charge >= 0.3 is 0 Å². The Bertz CT molecular complexity index is 909. The second-order valence-electron chi connectivity index (χ2n) is 4.43. The van der Waals surface area contributed by atoms with Gasteiger partial charge in [-0.2, -0.15) is 0 Å². The van der Waals surface area contributed by atoms with Crippen LogP contribution < -0.4 is 0 Å². The number of halogens is 4. The number of fused-ring (bicyclic) bond motifs is 1. The molecule has 2 N–H and O–H groups in total. The third-order valence-electron chi connectivity index (χ3n) is 2.95. The van der Waals surface area contributed by atoms with Crippen LogP contribution in [0.25, 0.3) is 10.9 Å². The number of H-pyrrole nitrogens is 1. The van der Waals surface area contributed by atoms with E-state index in [1.807, 2.05) is 0 Å². The van der Waals surface area contributed by atoms with E-state index in [0.29, 0.717) is 16.8 Å². The number of hydrogen-bond acceptors (Lipinski definition) is 3. The van der Waals surface area contributed by atoms with Gasteiger partial charge in [-0.1, -0.05) is 23.2 Å². The topological polar surface area (TPSA) is 60.7 Å². The molecule has 112 valence electrons. The van der Waals surface area contributed by atoms with Gasteiger partial charge in [-0.15, -0.1) is 10.2 Å². The highest BCUT2D eigenvalue weighted by molar-refractivity contribution is 6.36. The average Bonchev–Trinajstić information content (AvgIpc) is 2.75. The molecule has 0 aliphatic carbocycles. The van der Waals surface area contributed by atoms with Crippen molar-refractivity contribution in [3.05, 3.63) is 52.0 Å². The highest BCUT2D eigenvalue weighted by atomic mass is 35.5. The summed E-state index contributed by atoms with van der Waals surface area (Å²) in [6, 6.07) is 6.32. The minimum atomic E-state index is -0.837. The first kappa shape index (κ1) is 14.7. The zero-order chi connectivity index (χ0) is 15.9. The Morgan fingerprint density at radius 3 is 2.55 bits per heavy atom. The largest absolute Gasteiger partial charge is 0.493 e. The first-order valence-corrected chi connectivity index (χ1v) is 6.78. The van der Waals surface area contributed by atoms with Crippen molar-refractivity contribution < 1.29 is 13.9 Å². The van der Waals surface area contributed by atoms with Crippen LogP contribution in [0.2, 0.25) is 10.0 Å². The number of nitrogens with one attached hydrogen (secondary N) is 1. The van der Waals surface area contributed by atoms with E-state index in [2.05, 4.69) is 15.2 Å². The van der Waals surface area contributed by atoms with Gasteiger partial charge in [-0.3, -0.25) is 0 Å². The van der Waals surface area contributed by atoms with E-state index < -0.39 is 17.5 Å².